The van der Waals surface area contributed by atoms with Crippen molar-refractivity contribution in [2.75, 3.05) is 31.2 Å². The van der Waals surface area contributed by atoms with Crippen molar-refractivity contribution in [3.05, 3.63) is 66.1 Å². The number of nitrogen functional groups attached to an aromatic ring is 1. The summed E-state index contributed by atoms with van der Waals surface area (Å²) >= 11 is 0. The number of piperidine rings is 1. The predicted molar refractivity (Wildman–Crippen MR) is 126 cm³/mol. The molecule has 4 N–H and O–H groups in total. The predicted octanol–water partition coefficient (Wildman–Crippen LogP) is 4.07. The molecule has 0 spiro atoms. The van der Waals surface area contributed by atoms with E-state index >= 15 is 0 Å². The molecule has 8 nitrogen and oxygen atoms in total. The molecule has 0 aliphatic carbocycles. The third-order valence-corrected chi connectivity index (χ3v) is 6.07. The molecule has 0 bridgehead atoms. The van der Waals surface area contributed by atoms with Crippen molar-refractivity contribution < 1.29 is 4.74 Å². The highest BCUT2D eigenvalue weighted by Crippen LogP contribution is 2.33. The maximum Gasteiger partial charge on any atom is 0.232 e. The number of aromatic amines is 1. The molecule has 0 saturated carbocycles. The summed E-state index contributed by atoms with van der Waals surface area (Å²) in [6.45, 7) is 2.63. The largest absolute Gasteiger partial charge is 0.495 e. The number of rotatable bonds is 6. The molecule has 32 heavy (non-hydrogen) atoms. The van der Waals surface area contributed by atoms with Crippen LogP contribution in [-0.2, 0) is 6.54 Å². The van der Waals surface area contributed by atoms with Crippen LogP contribution in [0, 0.1) is 0 Å². The highest BCUT2D eigenvalue weighted by molar-refractivity contribution is 5.83. The Bertz CT molecular complexity index is 1210. The molecule has 1 aliphatic heterocycles. The molecule has 2 aromatic heterocycles. The van der Waals surface area contributed by atoms with Crippen molar-refractivity contribution in [1.29, 1.82) is 0 Å². The van der Waals surface area contributed by atoms with Gasteiger partial charge in [0.2, 0.25) is 11.9 Å². The summed E-state index contributed by atoms with van der Waals surface area (Å²) in [5.74, 6) is 2.58. The van der Waals surface area contributed by atoms with E-state index in [-0.39, 0.29) is 5.95 Å². The normalized spacial score (nSPS) is 15.2. The van der Waals surface area contributed by atoms with Gasteiger partial charge >= 0.3 is 0 Å². The average molecular weight is 430 g/mol. The van der Waals surface area contributed by atoms with Crippen LogP contribution in [-0.4, -0.2) is 45.0 Å². The van der Waals surface area contributed by atoms with E-state index in [1.165, 1.54) is 16.5 Å². The monoisotopic (exact) mass is 429 g/mol. The van der Waals surface area contributed by atoms with Crippen molar-refractivity contribution >= 4 is 28.5 Å². The number of para-hydroxylation sites is 3. The summed E-state index contributed by atoms with van der Waals surface area (Å²) in [5, 5.41) is 4.53. The van der Waals surface area contributed by atoms with Gasteiger partial charge in [0.25, 0.3) is 0 Å². The Hall–Kier alpha value is -3.65. The van der Waals surface area contributed by atoms with Gasteiger partial charge in [0.15, 0.2) is 0 Å². The van der Waals surface area contributed by atoms with E-state index in [2.05, 4.69) is 60.6 Å². The number of hydrogen-bond donors (Lipinski definition) is 3. The van der Waals surface area contributed by atoms with Gasteiger partial charge in [0, 0.05) is 17.1 Å². The van der Waals surface area contributed by atoms with Gasteiger partial charge in [-0.25, -0.2) is 0 Å². The Morgan fingerprint density at radius 3 is 2.69 bits per heavy atom. The second kappa shape index (κ2) is 8.84. The third-order valence-electron chi connectivity index (χ3n) is 6.07. The summed E-state index contributed by atoms with van der Waals surface area (Å²) in [6, 6.07) is 16.2. The lowest BCUT2D eigenvalue weighted by Gasteiger charge is -2.31. The second-order valence-electron chi connectivity index (χ2n) is 8.10. The number of nitrogens with two attached hydrogens (primary N) is 1. The van der Waals surface area contributed by atoms with Crippen molar-refractivity contribution in [3.8, 4) is 5.75 Å². The number of hydrogen-bond acceptors (Lipinski definition) is 7. The first kappa shape index (κ1) is 20.3. The Kier molecular flexibility index (Phi) is 5.60. The fourth-order valence-electron chi connectivity index (χ4n) is 4.47. The summed E-state index contributed by atoms with van der Waals surface area (Å²) < 4.78 is 5.39. The van der Waals surface area contributed by atoms with E-state index in [1.807, 2.05) is 24.3 Å². The topological polar surface area (TPSA) is 105 Å². The van der Waals surface area contributed by atoms with Crippen LogP contribution >= 0.6 is 0 Å². The van der Waals surface area contributed by atoms with Gasteiger partial charge < -0.3 is 20.8 Å². The zero-order chi connectivity index (χ0) is 21.9. The van der Waals surface area contributed by atoms with Crippen LogP contribution < -0.4 is 15.8 Å². The van der Waals surface area contributed by atoms with E-state index in [0.29, 0.717) is 30.0 Å². The van der Waals surface area contributed by atoms with Gasteiger partial charge in [0.05, 0.1) is 19.3 Å². The van der Waals surface area contributed by atoms with Gasteiger partial charge in [0.1, 0.15) is 11.6 Å². The molecule has 1 saturated heterocycles. The van der Waals surface area contributed by atoms with Crippen molar-refractivity contribution in [1.82, 2.24) is 24.8 Å². The molecule has 8 heteroatoms. The molecule has 0 radical (unpaired) electrons. The van der Waals surface area contributed by atoms with E-state index in [0.717, 1.165) is 31.6 Å². The zero-order valence-corrected chi connectivity index (χ0v) is 18.1. The lowest BCUT2D eigenvalue weighted by atomic mass is 9.89. The van der Waals surface area contributed by atoms with Crippen molar-refractivity contribution in [3.63, 3.8) is 0 Å². The van der Waals surface area contributed by atoms with E-state index in [9.17, 15) is 0 Å². The summed E-state index contributed by atoms with van der Waals surface area (Å²) in [6.07, 6.45) is 4.39. The lowest BCUT2D eigenvalue weighted by Crippen LogP contribution is -2.33. The molecule has 3 heterocycles. The number of nitrogens with one attached hydrogen (secondary N) is 2. The van der Waals surface area contributed by atoms with Crippen LogP contribution in [0.5, 0.6) is 5.75 Å². The first-order chi connectivity index (χ1) is 15.7. The minimum atomic E-state index is 0.209. The molecule has 164 valence electrons. The number of ether oxygens (including phenoxy) is 1. The summed E-state index contributed by atoms with van der Waals surface area (Å²) in [5.41, 5.74) is 9.39. The maximum atomic E-state index is 5.97. The van der Waals surface area contributed by atoms with Crippen LogP contribution in [0.3, 0.4) is 0 Å². The first-order valence-electron chi connectivity index (χ1n) is 10.9. The molecule has 1 aliphatic rings. The Morgan fingerprint density at radius 1 is 1.06 bits per heavy atom. The number of methoxy groups -OCH3 is 1. The maximum absolute atomic E-state index is 5.97. The van der Waals surface area contributed by atoms with Crippen LogP contribution in [0.25, 0.3) is 10.9 Å². The highest BCUT2D eigenvalue weighted by atomic mass is 16.5. The number of H-pyrrole nitrogens is 1. The molecule has 2 aromatic carbocycles. The summed E-state index contributed by atoms with van der Waals surface area (Å²) in [4.78, 5) is 19.0. The Labute approximate surface area is 186 Å². The number of nitrogens with zero attached hydrogens (tertiary/aromatic N) is 4. The lowest BCUT2D eigenvalue weighted by molar-refractivity contribution is 0.200. The minimum absolute atomic E-state index is 0.209. The molecular weight excluding hydrogens is 402 g/mol. The quantitative estimate of drug-likeness (QED) is 0.424. The smallest absolute Gasteiger partial charge is 0.232 e. The second-order valence-corrected chi connectivity index (χ2v) is 8.10. The van der Waals surface area contributed by atoms with E-state index < -0.39 is 0 Å². The van der Waals surface area contributed by atoms with Gasteiger partial charge in [-0.15, -0.1) is 0 Å². The molecule has 4 aromatic rings. The minimum Gasteiger partial charge on any atom is -0.495 e. The van der Waals surface area contributed by atoms with Gasteiger partial charge in [-0.3, -0.25) is 4.90 Å². The standard InChI is InChI=1S/C24H27N7O/c1-32-21-9-5-4-8-20(21)27-24-29-22(28-23(25)30-24)15-31-12-10-16(11-13-31)18-14-26-19-7-3-2-6-17(18)19/h2-9,14,16,26H,10-13,15H2,1H3,(H3,25,27,28,29,30). The van der Waals surface area contributed by atoms with Gasteiger partial charge in [-0.2, -0.15) is 15.0 Å². The van der Waals surface area contributed by atoms with Gasteiger partial charge in [-0.05, 0) is 55.6 Å². The Balaban J connectivity index is 1.25. The Morgan fingerprint density at radius 2 is 1.84 bits per heavy atom. The third kappa shape index (κ3) is 4.22. The van der Waals surface area contributed by atoms with Crippen LogP contribution in [0.4, 0.5) is 17.6 Å². The SMILES string of the molecule is COc1ccccc1Nc1nc(N)nc(CN2CCC(c3c[nH]c4ccccc34)CC2)n1. The molecule has 5 rings (SSSR count). The zero-order valence-electron chi connectivity index (χ0n) is 18.1. The molecule has 0 atom stereocenters. The van der Waals surface area contributed by atoms with Crippen LogP contribution in [0.2, 0.25) is 0 Å². The number of benzene rings is 2. The summed E-state index contributed by atoms with van der Waals surface area (Å²) in [7, 11) is 1.63. The van der Waals surface area contributed by atoms with E-state index in [4.69, 9.17) is 10.5 Å². The number of aromatic nitrogens is 4. The van der Waals surface area contributed by atoms with Crippen LogP contribution in [0.15, 0.2) is 54.7 Å². The number of fused-ring (bicyclic) bond motifs is 1. The average Bonchev–Trinajstić information content (AvgIpc) is 3.24. The van der Waals surface area contributed by atoms with Gasteiger partial charge in [-0.1, -0.05) is 30.3 Å². The fraction of sp³-hybridized carbons (Fsp3) is 0.292. The highest BCUT2D eigenvalue weighted by Gasteiger charge is 2.23. The molecule has 1 fully saturated rings. The number of anilines is 3. The molecule has 0 amide bonds. The first-order valence-corrected chi connectivity index (χ1v) is 10.9. The van der Waals surface area contributed by atoms with Crippen molar-refractivity contribution in [2.24, 2.45) is 0 Å². The molecular formula is C24H27N7O. The van der Waals surface area contributed by atoms with E-state index in [1.54, 1.807) is 7.11 Å². The van der Waals surface area contributed by atoms with Crippen molar-refractivity contribution in [2.45, 2.75) is 25.3 Å². The fourth-order valence-corrected chi connectivity index (χ4v) is 4.47. The van der Waals surface area contributed by atoms with Crippen LogP contribution in [0.1, 0.15) is 30.1 Å². The number of likely N-dealkylation sites (tertiary alicyclic amines) is 1. The molecule has 0 unspecified atom stereocenters.